The Hall–Kier alpha value is -1.02. The Labute approximate surface area is 116 Å². The molecular formula is C17H25NO. The summed E-state index contributed by atoms with van der Waals surface area (Å²) in [5, 5.41) is 3.76. The standard InChI is InChI=1S/C17H25NO/c1-19-16-9-5-14(6-10-16)17(11-3-2-4-12-17)13-18-15-7-8-15/h5-6,9-10,15,18H,2-4,7-8,11-13H2,1H3. The summed E-state index contributed by atoms with van der Waals surface area (Å²) in [5.74, 6) is 0.963. The van der Waals surface area contributed by atoms with Gasteiger partial charge in [0.25, 0.3) is 0 Å². The van der Waals surface area contributed by atoms with Gasteiger partial charge in [0.15, 0.2) is 0 Å². The van der Waals surface area contributed by atoms with E-state index in [1.807, 2.05) is 0 Å². The summed E-state index contributed by atoms with van der Waals surface area (Å²) in [4.78, 5) is 0. The summed E-state index contributed by atoms with van der Waals surface area (Å²) in [7, 11) is 1.74. The number of rotatable bonds is 5. The molecule has 0 amide bonds. The third-order valence-corrected chi connectivity index (χ3v) is 4.82. The minimum Gasteiger partial charge on any atom is -0.497 e. The van der Waals surface area contributed by atoms with Crippen molar-refractivity contribution in [2.24, 2.45) is 0 Å². The molecule has 1 aromatic carbocycles. The Morgan fingerprint density at radius 1 is 1.11 bits per heavy atom. The molecule has 1 N–H and O–H groups in total. The lowest BCUT2D eigenvalue weighted by Crippen LogP contribution is -2.40. The molecule has 2 heteroatoms. The number of hydrogen-bond donors (Lipinski definition) is 1. The molecule has 0 aliphatic heterocycles. The maximum atomic E-state index is 5.28. The zero-order valence-electron chi connectivity index (χ0n) is 12.0. The Bertz CT molecular complexity index is 402. The normalized spacial score (nSPS) is 22.2. The van der Waals surface area contributed by atoms with Gasteiger partial charge in [-0.25, -0.2) is 0 Å². The van der Waals surface area contributed by atoms with Crippen molar-refractivity contribution in [3.05, 3.63) is 29.8 Å². The van der Waals surface area contributed by atoms with E-state index in [0.717, 1.165) is 18.3 Å². The molecule has 2 nitrogen and oxygen atoms in total. The van der Waals surface area contributed by atoms with Gasteiger partial charge in [-0.2, -0.15) is 0 Å². The highest BCUT2D eigenvalue weighted by molar-refractivity contribution is 5.33. The molecule has 104 valence electrons. The highest BCUT2D eigenvalue weighted by Gasteiger charge is 2.35. The first kappa shape index (κ1) is 13.0. The van der Waals surface area contributed by atoms with E-state index in [-0.39, 0.29) is 0 Å². The SMILES string of the molecule is COc1ccc(C2(CNC3CC3)CCCCC2)cc1. The molecular weight excluding hydrogens is 234 g/mol. The lowest BCUT2D eigenvalue weighted by Gasteiger charge is -2.38. The van der Waals surface area contributed by atoms with Gasteiger partial charge in [0.1, 0.15) is 5.75 Å². The van der Waals surface area contributed by atoms with Crippen LogP contribution in [0.5, 0.6) is 5.75 Å². The summed E-state index contributed by atoms with van der Waals surface area (Å²) in [6.07, 6.45) is 9.56. The lowest BCUT2D eigenvalue weighted by molar-refractivity contribution is 0.279. The van der Waals surface area contributed by atoms with Gasteiger partial charge in [-0.1, -0.05) is 31.4 Å². The Morgan fingerprint density at radius 2 is 1.79 bits per heavy atom. The summed E-state index contributed by atoms with van der Waals surface area (Å²) in [5.41, 5.74) is 1.87. The van der Waals surface area contributed by atoms with Gasteiger partial charge in [-0.15, -0.1) is 0 Å². The maximum Gasteiger partial charge on any atom is 0.118 e. The Balaban J connectivity index is 1.78. The third-order valence-electron chi connectivity index (χ3n) is 4.82. The average molecular weight is 259 g/mol. The molecule has 0 atom stereocenters. The average Bonchev–Trinajstić information content (AvgIpc) is 3.30. The molecule has 0 unspecified atom stereocenters. The summed E-state index contributed by atoms with van der Waals surface area (Å²) >= 11 is 0. The minimum absolute atomic E-state index is 0.368. The Morgan fingerprint density at radius 3 is 2.37 bits per heavy atom. The fraction of sp³-hybridized carbons (Fsp3) is 0.647. The van der Waals surface area contributed by atoms with Crippen molar-refractivity contribution in [2.75, 3.05) is 13.7 Å². The fourth-order valence-corrected chi connectivity index (χ4v) is 3.37. The number of nitrogens with one attached hydrogen (secondary N) is 1. The van der Waals surface area contributed by atoms with Crippen molar-refractivity contribution in [2.45, 2.75) is 56.4 Å². The van der Waals surface area contributed by atoms with Crippen molar-refractivity contribution in [3.63, 3.8) is 0 Å². The van der Waals surface area contributed by atoms with Crippen LogP contribution in [0.15, 0.2) is 24.3 Å². The minimum atomic E-state index is 0.368. The largest absolute Gasteiger partial charge is 0.497 e. The number of benzene rings is 1. The van der Waals surface area contributed by atoms with Gasteiger partial charge in [0.2, 0.25) is 0 Å². The molecule has 0 heterocycles. The van der Waals surface area contributed by atoms with Crippen LogP contribution in [0.3, 0.4) is 0 Å². The van der Waals surface area contributed by atoms with E-state index < -0.39 is 0 Å². The second kappa shape index (κ2) is 5.54. The highest BCUT2D eigenvalue weighted by atomic mass is 16.5. The smallest absolute Gasteiger partial charge is 0.118 e. The molecule has 19 heavy (non-hydrogen) atoms. The van der Waals surface area contributed by atoms with E-state index >= 15 is 0 Å². The van der Waals surface area contributed by atoms with Gasteiger partial charge in [-0.3, -0.25) is 0 Å². The zero-order valence-corrected chi connectivity index (χ0v) is 12.0. The molecule has 0 saturated heterocycles. The number of hydrogen-bond acceptors (Lipinski definition) is 2. The van der Waals surface area contributed by atoms with Crippen LogP contribution in [0.25, 0.3) is 0 Å². The molecule has 3 rings (SSSR count). The van der Waals surface area contributed by atoms with Crippen LogP contribution in [-0.4, -0.2) is 19.7 Å². The lowest BCUT2D eigenvalue weighted by atomic mass is 9.69. The van der Waals surface area contributed by atoms with E-state index in [1.54, 1.807) is 7.11 Å². The zero-order chi connectivity index (χ0) is 13.1. The van der Waals surface area contributed by atoms with E-state index in [4.69, 9.17) is 4.74 Å². The molecule has 1 aromatic rings. The van der Waals surface area contributed by atoms with Crippen LogP contribution in [0.4, 0.5) is 0 Å². The first-order valence-electron chi connectivity index (χ1n) is 7.70. The second-order valence-corrected chi connectivity index (χ2v) is 6.22. The predicted octanol–water partition coefficient (Wildman–Crippen LogP) is 3.65. The quantitative estimate of drug-likeness (QED) is 0.871. The van der Waals surface area contributed by atoms with Crippen LogP contribution in [0.1, 0.15) is 50.5 Å². The van der Waals surface area contributed by atoms with Crippen molar-refractivity contribution >= 4 is 0 Å². The first-order chi connectivity index (χ1) is 9.32. The van der Waals surface area contributed by atoms with Gasteiger partial charge >= 0.3 is 0 Å². The van der Waals surface area contributed by atoms with E-state index in [0.29, 0.717) is 5.41 Å². The molecule has 0 aromatic heterocycles. The van der Waals surface area contributed by atoms with Gasteiger partial charge in [0.05, 0.1) is 7.11 Å². The van der Waals surface area contributed by atoms with Crippen LogP contribution in [0, 0.1) is 0 Å². The van der Waals surface area contributed by atoms with E-state index in [2.05, 4.69) is 29.6 Å². The molecule has 2 saturated carbocycles. The highest BCUT2D eigenvalue weighted by Crippen LogP contribution is 2.40. The number of ether oxygens (including phenoxy) is 1. The summed E-state index contributed by atoms with van der Waals surface area (Å²) in [6, 6.07) is 9.58. The van der Waals surface area contributed by atoms with Gasteiger partial charge in [0, 0.05) is 18.0 Å². The molecule has 0 bridgehead atoms. The van der Waals surface area contributed by atoms with Crippen LogP contribution < -0.4 is 10.1 Å². The van der Waals surface area contributed by atoms with Crippen molar-refractivity contribution < 1.29 is 4.74 Å². The van der Waals surface area contributed by atoms with E-state index in [1.165, 1.54) is 50.5 Å². The first-order valence-corrected chi connectivity index (χ1v) is 7.70. The Kier molecular flexibility index (Phi) is 3.79. The van der Waals surface area contributed by atoms with Crippen LogP contribution in [0.2, 0.25) is 0 Å². The molecule has 0 radical (unpaired) electrons. The maximum absolute atomic E-state index is 5.28. The van der Waals surface area contributed by atoms with Gasteiger partial charge < -0.3 is 10.1 Å². The van der Waals surface area contributed by atoms with Gasteiger partial charge in [-0.05, 0) is 43.4 Å². The topological polar surface area (TPSA) is 21.3 Å². The molecule has 0 spiro atoms. The summed E-state index contributed by atoms with van der Waals surface area (Å²) in [6.45, 7) is 1.16. The number of methoxy groups -OCH3 is 1. The van der Waals surface area contributed by atoms with Crippen molar-refractivity contribution in [1.82, 2.24) is 5.32 Å². The van der Waals surface area contributed by atoms with E-state index in [9.17, 15) is 0 Å². The van der Waals surface area contributed by atoms with Crippen molar-refractivity contribution in [1.29, 1.82) is 0 Å². The van der Waals surface area contributed by atoms with Crippen molar-refractivity contribution in [3.8, 4) is 5.75 Å². The predicted molar refractivity (Wildman–Crippen MR) is 78.8 cm³/mol. The molecule has 2 fully saturated rings. The second-order valence-electron chi connectivity index (χ2n) is 6.22. The molecule has 2 aliphatic rings. The van der Waals surface area contributed by atoms with Crippen LogP contribution >= 0.6 is 0 Å². The fourth-order valence-electron chi connectivity index (χ4n) is 3.37. The summed E-state index contributed by atoms with van der Waals surface area (Å²) < 4.78 is 5.28. The van der Waals surface area contributed by atoms with Crippen LogP contribution in [-0.2, 0) is 5.41 Å². The third kappa shape index (κ3) is 2.94. The molecule has 2 aliphatic carbocycles. The monoisotopic (exact) mass is 259 g/mol.